The predicted octanol–water partition coefficient (Wildman–Crippen LogP) is 4.38. The van der Waals surface area contributed by atoms with Crippen LogP contribution in [0.25, 0.3) is 6.08 Å². The predicted molar refractivity (Wildman–Crippen MR) is 74.1 cm³/mol. The first-order valence-electron chi connectivity index (χ1n) is 7.25. The Morgan fingerprint density at radius 2 is 1.84 bits per heavy atom. The van der Waals surface area contributed by atoms with Gasteiger partial charge in [0.15, 0.2) is 5.78 Å². The van der Waals surface area contributed by atoms with Crippen LogP contribution in [0.1, 0.15) is 44.1 Å². The SMILES string of the molecule is O=C1/C(=C/c2ccccc2F)CC[C@H]1C1CCCC1. The lowest BCUT2D eigenvalue weighted by atomic mass is 9.88. The van der Waals surface area contributed by atoms with Crippen molar-refractivity contribution >= 4 is 11.9 Å². The second-order valence-corrected chi connectivity index (χ2v) is 5.75. The number of hydrogen-bond donors (Lipinski definition) is 0. The van der Waals surface area contributed by atoms with Crippen LogP contribution >= 0.6 is 0 Å². The van der Waals surface area contributed by atoms with E-state index in [0.29, 0.717) is 11.5 Å². The molecule has 2 aliphatic carbocycles. The highest BCUT2D eigenvalue weighted by molar-refractivity contribution is 6.03. The Morgan fingerprint density at radius 3 is 2.58 bits per heavy atom. The monoisotopic (exact) mass is 258 g/mol. The molecule has 19 heavy (non-hydrogen) atoms. The minimum atomic E-state index is -0.243. The minimum absolute atomic E-state index is 0.209. The largest absolute Gasteiger partial charge is 0.294 e. The molecule has 2 heteroatoms. The third-order valence-electron chi connectivity index (χ3n) is 4.58. The third kappa shape index (κ3) is 2.49. The van der Waals surface area contributed by atoms with Gasteiger partial charge in [0.05, 0.1) is 0 Å². The highest BCUT2D eigenvalue weighted by atomic mass is 19.1. The molecule has 0 N–H and O–H groups in total. The van der Waals surface area contributed by atoms with Crippen LogP contribution < -0.4 is 0 Å². The summed E-state index contributed by atoms with van der Waals surface area (Å²) in [6.07, 6.45) is 8.46. The second-order valence-electron chi connectivity index (χ2n) is 5.75. The van der Waals surface area contributed by atoms with Gasteiger partial charge in [-0.3, -0.25) is 4.79 Å². The van der Waals surface area contributed by atoms with Crippen molar-refractivity contribution in [1.29, 1.82) is 0 Å². The first-order valence-corrected chi connectivity index (χ1v) is 7.25. The van der Waals surface area contributed by atoms with Crippen molar-refractivity contribution in [2.45, 2.75) is 38.5 Å². The number of rotatable bonds is 2. The molecule has 1 aromatic carbocycles. The molecule has 0 amide bonds. The molecule has 100 valence electrons. The molecule has 0 radical (unpaired) electrons. The third-order valence-corrected chi connectivity index (χ3v) is 4.58. The van der Waals surface area contributed by atoms with Gasteiger partial charge in [0.2, 0.25) is 0 Å². The van der Waals surface area contributed by atoms with Gasteiger partial charge in [-0.05, 0) is 49.3 Å². The standard InChI is InChI=1S/C17H19FO/c18-16-8-4-3-7-13(16)11-14-9-10-15(17(14)19)12-5-1-2-6-12/h3-4,7-8,11-12,15H,1-2,5-6,9-10H2/b14-11+/t15-/m0/s1. The first-order chi connectivity index (χ1) is 9.25. The summed E-state index contributed by atoms with van der Waals surface area (Å²) in [6, 6.07) is 6.66. The topological polar surface area (TPSA) is 17.1 Å². The Balaban J connectivity index is 1.80. The normalized spacial score (nSPS) is 26.5. The highest BCUT2D eigenvalue weighted by Gasteiger charge is 2.36. The van der Waals surface area contributed by atoms with Gasteiger partial charge in [0, 0.05) is 11.5 Å². The van der Waals surface area contributed by atoms with E-state index in [9.17, 15) is 9.18 Å². The summed E-state index contributed by atoms with van der Waals surface area (Å²) >= 11 is 0. The van der Waals surface area contributed by atoms with Crippen LogP contribution in [0.3, 0.4) is 0 Å². The van der Waals surface area contributed by atoms with Crippen LogP contribution in [0.2, 0.25) is 0 Å². The van der Waals surface area contributed by atoms with E-state index in [0.717, 1.165) is 18.4 Å². The van der Waals surface area contributed by atoms with E-state index >= 15 is 0 Å². The molecule has 1 aromatic rings. The van der Waals surface area contributed by atoms with Gasteiger partial charge < -0.3 is 0 Å². The molecule has 2 aliphatic rings. The molecule has 0 aromatic heterocycles. The second kappa shape index (κ2) is 5.28. The zero-order valence-electron chi connectivity index (χ0n) is 11.1. The molecule has 0 unspecified atom stereocenters. The van der Waals surface area contributed by atoms with Crippen LogP contribution in [0.4, 0.5) is 4.39 Å². The molecule has 2 fully saturated rings. The van der Waals surface area contributed by atoms with Gasteiger partial charge in [-0.1, -0.05) is 31.0 Å². The van der Waals surface area contributed by atoms with E-state index in [-0.39, 0.29) is 17.5 Å². The summed E-state index contributed by atoms with van der Waals surface area (Å²) in [6.45, 7) is 0. The summed E-state index contributed by atoms with van der Waals surface area (Å²) < 4.78 is 13.6. The van der Waals surface area contributed by atoms with Gasteiger partial charge >= 0.3 is 0 Å². The Hall–Kier alpha value is -1.44. The number of hydrogen-bond acceptors (Lipinski definition) is 1. The number of halogens is 1. The van der Waals surface area contributed by atoms with Crippen molar-refractivity contribution in [3.05, 3.63) is 41.2 Å². The van der Waals surface area contributed by atoms with E-state index in [1.807, 2.05) is 6.07 Å². The van der Waals surface area contributed by atoms with Crippen molar-refractivity contribution in [3.8, 4) is 0 Å². The molecule has 0 bridgehead atoms. The van der Waals surface area contributed by atoms with E-state index in [1.54, 1.807) is 18.2 Å². The molecule has 1 nitrogen and oxygen atoms in total. The number of carbonyl (C=O) groups is 1. The maximum absolute atomic E-state index is 13.6. The number of allylic oxidation sites excluding steroid dienone is 1. The number of carbonyl (C=O) groups excluding carboxylic acids is 1. The molecule has 3 rings (SSSR count). The number of benzene rings is 1. The van der Waals surface area contributed by atoms with Crippen molar-refractivity contribution < 1.29 is 9.18 Å². The van der Waals surface area contributed by atoms with Crippen LogP contribution in [-0.2, 0) is 4.79 Å². The molecular weight excluding hydrogens is 239 g/mol. The number of Topliss-reactive ketones (excluding diaryl/α,β-unsaturated/α-hetero) is 1. The zero-order valence-corrected chi connectivity index (χ0v) is 11.1. The lowest BCUT2D eigenvalue weighted by Crippen LogP contribution is -2.16. The molecule has 0 spiro atoms. The Kier molecular flexibility index (Phi) is 3.50. The molecule has 2 saturated carbocycles. The summed E-state index contributed by atoms with van der Waals surface area (Å²) in [5.41, 5.74) is 1.36. The molecule has 0 aliphatic heterocycles. The van der Waals surface area contributed by atoms with Gasteiger partial charge in [0.1, 0.15) is 5.82 Å². The van der Waals surface area contributed by atoms with E-state index in [1.165, 1.54) is 31.7 Å². The van der Waals surface area contributed by atoms with Gasteiger partial charge in [-0.2, -0.15) is 0 Å². The van der Waals surface area contributed by atoms with Crippen molar-refractivity contribution in [3.63, 3.8) is 0 Å². The fraction of sp³-hybridized carbons (Fsp3) is 0.471. The molecule has 0 heterocycles. The first kappa shape index (κ1) is 12.6. The van der Waals surface area contributed by atoms with Crippen LogP contribution in [0, 0.1) is 17.7 Å². The van der Waals surface area contributed by atoms with Crippen molar-refractivity contribution in [2.75, 3.05) is 0 Å². The molecule has 1 atom stereocenters. The molecule has 0 saturated heterocycles. The van der Waals surface area contributed by atoms with Gasteiger partial charge in [0.25, 0.3) is 0 Å². The van der Waals surface area contributed by atoms with Crippen molar-refractivity contribution in [2.24, 2.45) is 11.8 Å². The maximum Gasteiger partial charge on any atom is 0.162 e. The summed E-state index contributed by atoms with van der Waals surface area (Å²) in [5, 5.41) is 0. The fourth-order valence-corrected chi connectivity index (χ4v) is 3.54. The summed E-state index contributed by atoms with van der Waals surface area (Å²) in [7, 11) is 0. The highest BCUT2D eigenvalue weighted by Crippen LogP contribution is 2.40. The van der Waals surface area contributed by atoms with E-state index in [4.69, 9.17) is 0 Å². The average Bonchev–Trinajstić information content (AvgIpc) is 3.03. The zero-order chi connectivity index (χ0) is 13.2. The maximum atomic E-state index is 13.6. The van der Waals surface area contributed by atoms with Crippen LogP contribution in [0.15, 0.2) is 29.8 Å². The smallest absolute Gasteiger partial charge is 0.162 e. The quantitative estimate of drug-likeness (QED) is 0.719. The van der Waals surface area contributed by atoms with E-state index < -0.39 is 0 Å². The van der Waals surface area contributed by atoms with E-state index in [2.05, 4.69) is 0 Å². The van der Waals surface area contributed by atoms with Crippen LogP contribution in [0.5, 0.6) is 0 Å². The summed E-state index contributed by atoms with van der Waals surface area (Å²) in [5.74, 6) is 0.821. The van der Waals surface area contributed by atoms with Crippen LogP contribution in [-0.4, -0.2) is 5.78 Å². The lowest BCUT2D eigenvalue weighted by Gasteiger charge is -2.15. The van der Waals surface area contributed by atoms with Crippen molar-refractivity contribution in [1.82, 2.24) is 0 Å². The Labute approximate surface area is 113 Å². The van der Waals surface area contributed by atoms with Gasteiger partial charge in [-0.25, -0.2) is 4.39 Å². The fourth-order valence-electron chi connectivity index (χ4n) is 3.54. The summed E-state index contributed by atoms with van der Waals surface area (Å²) in [4.78, 5) is 12.4. The molecular formula is C17H19FO. The number of ketones is 1. The van der Waals surface area contributed by atoms with Gasteiger partial charge in [-0.15, -0.1) is 0 Å². The lowest BCUT2D eigenvalue weighted by molar-refractivity contribution is -0.119. The average molecular weight is 258 g/mol. The Bertz CT molecular complexity index is 512. The Morgan fingerprint density at radius 1 is 1.11 bits per heavy atom. The minimum Gasteiger partial charge on any atom is -0.294 e.